The molecular formula is C11H9N3O3S. The number of aryl methyl sites for hydroxylation is 1. The summed E-state index contributed by atoms with van der Waals surface area (Å²) in [7, 11) is 0. The highest BCUT2D eigenvalue weighted by Crippen LogP contribution is 2.17. The molecule has 0 atom stereocenters. The Morgan fingerprint density at radius 2 is 2.44 bits per heavy atom. The summed E-state index contributed by atoms with van der Waals surface area (Å²) >= 11 is 1.25. The standard InChI is InChI=1S/C11H9N3O3S/c1-7-13-14-11(17-7)12-10(16)9-8(3-2-5-15)4-6-18-9/h4,6,15H,5H2,1H3,(H,12,14,16). The molecule has 18 heavy (non-hydrogen) atoms. The predicted octanol–water partition coefficient (Wildman–Crippen LogP) is 1.04. The summed E-state index contributed by atoms with van der Waals surface area (Å²) in [5.41, 5.74) is 0.558. The third kappa shape index (κ3) is 2.74. The van der Waals surface area contributed by atoms with E-state index in [1.165, 1.54) is 11.3 Å². The van der Waals surface area contributed by atoms with Crippen LogP contribution in [0, 0.1) is 18.8 Å². The lowest BCUT2D eigenvalue weighted by Gasteiger charge is -1.97. The van der Waals surface area contributed by atoms with Gasteiger partial charge in [0, 0.05) is 12.5 Å². The molecule has 92 valence electrons. The van der Waals surface area contributed by atoms with E-state index in [9.17, 15) is 4.79 Å². The van der Waals surface area contributed by atoms with Crippen molar-refractivity contribution in [2.45, 2.75) is 6.92 Å². The highest BCUT2D eigenvalue weighted by atomic mass is 32.1. The molecule has 2 N–H and O–H groups in total. The van der Waals surface area contributed by atoms with Crippen molar-refractivity contribution in [3.05, 3.63) is 27.8 Å². The number of anilines is 1. The summed E-state index contributed by atoms with van der Waals surface area (Å²) in [6, 6.07) is 1.76. The number of aromatic nitrogens is 2. The quantitative estimate of drug-likeness (QED) is 0.790. The fourth-order valence-corrected chi connectivity index (χ4v) is 1.96. The van der Waals surface area contributed by atoms with Crippen molar-refractivity contribution in [2.75, 3.05) is 11.9 Å². The van der Waals surface area contributed by atoms with E-state index in [1.54, 1.807) is 18.4 Å². The van der Waals surface area contributed by atoms with Crippen molar-refractivity contribution in [1.82, 2.24) is 10.2 Å². The number of thiophene rings is 1. The van der Waals surface area contributed by atoms with E-state index >= 15 is 0 Å². The lowest BCUT2D eigenvalue weighted by atomic mass is 10.2. The van der Waals surface area contributed by atoms with Crippen LogP contribution in [0.3, 0.4) is 0 Å². The Hall–Kier alpha value is -2.17. The molecule has 2 aromatic rings. The van der Waals surface area contributed by atoms with Crippen LogP contribution in [0.2, 0.25) is 0 Å². The first kappa shape index (κ1) is 12.3. The normalized spacial score (nSPS) is 9.67. The summed E-state index contributed by atoms with van der Waals surface area (Å²) in [6.45, 7) is 1.38. The molecule has 7 heteroatoms. The molecule has 2 heterocycles. The van der Waals surface area contributed by atoms with E-state index in [4.69, 9.17) is 9.52 Å². The minimum absolute atomic E-state index is 0.0481. The monoisotopic (exact) mass is 263 g/mol. The van der Waals surface area contributed by atoms with Crippen LogP contribution >= 0.6 is 11.3 Å². The molecule has 0 aliphatic carbocycles. The number of hydrogen-bond acceptors (Lipinski definition) is 6. The number of aliphatic hydroxyl groups is 1. The second-order valence-electron chi connectivity index (χ2n) is 3.20. The Bertz CT molecular complexity index is 621. The van der Waals surface area contributed by atoms with E-state index in [-0.39, 0.29) is 18.5 Å². The van der Waals surface area contributed by atoms with Crippen LogP contribution in [0.25, 0.3) is 0 Å². The highest BCUT2D eigenvalue weighted by Gasteiger charge is 2.14. The van der Waals surface area contributed by atoms with Crippen LogP contribution in [0.5, 0.6) is 0 Å². The molecule has 0 spiro atoms. The Morgan fingerprint density at radius 1 is 1.61 bits per heavy atom. The molecule has 0 saturated carbocycles. The molecule has 0 aliphatic heterocycles. The molecule has 0 saturated heterocycles. The highest BCUT2D eigenvalue weighted by molar-refractivity contribution is 7.12. The molecule has 2 aromatic heterocycles. The lowest BCUT2D eigenvalue weighted by molar-refractivity contribution is 0.102. The fraction of sp³-hybridized carbons (Fsp3) is 0.182. The van der Waals surface area contributed by atoms with Crippen LogP contribution in [0.1, 0.15) is 21.1 Å². The molecule has 2 rings (SSSR count). The summed E-state index contributed by atoms with van der Waals surface area (Å²) in [4.78, 5) is 12.3. The number of nitrogens with one attached hydrogen (secondary N) is 1. The Balaban J connectivity index is 2.16. The number of rotatable bonds is 2. The first-order valence-electron chi connectivity index (χ1n) is 4.99. The summed E-state index contributed by atoms with van der Waals surface area (Å²) in [5.74, 6) is 5.20. The first-order valence-corrected chi connectivity index (χ1v) is 5.87. The van der Waals surface area contributed by atoms with E-state index < -0.39 is 0 Å². The number of hydrogen-bond donors (Lipinski definition) is 2. The summed E-state index contributed by atoms with van der Waals surface area (Å²) in [5, 5.41) is 20.1. The van der Waals surface area contributed by atoms with Gasteiger partial charge in [0.15, 0.2) is 0 Å². The van der Waals surface area contributed by atoms with Crippen molar-refractivity contribution in [3.63, 3.8) is 0 Å². The Labute approximate surface area is 107 Å². The molecule has 0 aromatic carbocycles. The van der Waals surface area contributed by atoms with E-state index in [2.05, 4.69) is 27.4 Å². The van der Waals surface area contributed by atoms with Crippen LogP contribution in [-0.4, -0.2) is 27.8 Å². The average Bonchev–Trinajstić information content (AvgIpc) is 2.95. The molecule has 0 radical (unpaired) electrons. The molecule has 0 fully saturated rings. The van der Waals surface area contributed by atoms with Gasteiger partial charge in [-0.05, 0) is 11.4 Å². The second-order valence-corrected chi connectivity index (χ2v) is 4.12. The SMILES string of the molecule is Cc1nnc(NC(=O)c2sccc2C#CCO)o1. The van der Waals surface area contributed by atoms with Gasteiger partial charge in [0.25, 0.3) is 5.91 Å². The van der Waals surface area contributed by atoms with Gasteiger partial charge in [-0.25, -0.2) is 0 Å². The fourth-order valence-electron chi connectivity index (χ4n) is 1.22. The van der Waals surface area contributed by atoms with Crippen molar-refractivity contribution in [3.8, 4) is 11.8 Å². The Morgan fingerprint density at radius 3 is 3.11 bits per heavy atom. The summed E-state index contributed by atoms with van der Waals surface area (Å²) < 4.78 is 5.05. The van der Waals surface area contributed by atoms with Crippen molar-refractivity contribution in [2.24, 2.45) is 0 Å². The third-order valence-electron chi connectivity index (χ3n) is 1.92. The van der Waals surface area contributed by atoms with Gasteiger partial charge in [-0.15, -0.1) is 16.4 Å². The summed E-state index contributed by atoms with van der Waals surface area (Å²) in [6.07, 6.45) is 0. The van der Waals surface area contributed by atoms with Crippen molar-refractivity contribution >= 4 is 23.3 Å². The molecule has 6 nitrogen and oxygen atoms in total. The zero-order chi connectivity index (χ0) is 13.0. The smallest absolute Gasteiger partial charge is 0.322 e. The van der Waals surface area contributed by atoms with Gasteiger partial charge in [-0.1, -0.05) is 16.9 Å². The largest absolute Gasteiger partial charge is 0.408 e. The zero-order valence-corrected chi connectivity index (χ0v) is 10.2. The van der Waals surface area contributed by atoms with Gasteiger partial charge in [-0.3, -0.25) is 10.1 Å². The molecular weight excluding hydrogens is 254 g/mol. The van der Waals surface area contributed by atoms with Gasteiger partial charge in [-0.2, -0.15) is 0 Å². The number of aliphatic hydroxyl groups excluding tert-OH is 1. The third-order valence-corrected chi connectivity index (χ3v) is 2.83. The van der Waals surface area contributed by atoms with Gasteiger partial charge in [0.2, 0.25) is 5.89 Å². The molecule has 0 unspecified atom stereocenters. The van der Waals surface area contributed by atoms with Crippen LogP contribution in [-0.2, 0) is 0 Å². The van der Waals surface area contributed by atoms with Gasteiger partial charge >= 0.3 is 6.01 Å². The minimum atomic E-state index is -0.365. The molecule has 1 amide bonds. The Kier molecular flexibility index (Phi) is 3.72. The number of carbonyl (C=O) groups is 1. The molecule has 0 bridgehead atoms. The van der Waals surface area contributed by atoms with Gasteiger partial charge in [0.1, 0.15) is 11.5 Å². The maximum Gasteiger partial charge on any atom is 0.322 e. The lowest BCUT2D eigenvalue weighted by Crippen LogP contribution is -2.11. The number of amides is 1. The van der Waals surface area contributed by atoms with Gasteiger partial charge in [0.05, 0.1) is 0 Å². The van der Waals surface area contributed by atoms with Crippen LogP contribution < -0.4 is 5.32 Å². The van der Waals surface area contributed by atoms with Crippen molar-refractivity contribution in [1.29, 1.82) is 0 Å². The number of nitrogens with zero attached hydrogens (tertiary/aromatic N) is 2. The first-order chi connectivity index (χ1) is 8.70. The van der Waals surface area contributed by atoms with Crippen LogP contribution in [0.15, 0.2) is 15.9 Å². The number of carbonyl (C=O) groups excluding carboxylic acids is 1. The minimum Gasteiger partial charge on any atom is -0.408 e. The van der Waals surface area contributed by atoms with Crippen LogP contribution in [0.4, 0.5) is 6.01 Å². The topological polar surface area (TPSA) is 88.2 Å². The maximum atomic E-state index is 11.9. The maximum absolute atomic E-state index is 11.9. The predicted molar refractivity (Wildman–Crippen MR) is 65.3 cm³/mol. The van der Waals surface area contributed by atoms with E-state index in [0.717, 1.165) is 0 Å². The zero-order valence-electron chi connectivity index (χ0n) is 9.43. The van der Waals surface area contributed by atoms with Crippen molar-refractivity contribution < 1.29 is 14.3 Å². The average molecular weight is 263 g/mol. The second kappa shape index (κ2) is 5.44. The van der Waals surface area contributed by atoms with Gasteiger partial charge < -0.3 is 9.52 Å². The molecule has 0 aliphatic rings. The van der Waals surface area contributed by atoms with E-state index in [1.807, 2.05) is 0 Å². The van der Waals surface area contributed by atoms with E-state index in [0.29, 0.717) is 16.3 Å².